The first-order valence-electron chi connectivity index (χ1n) is 6.51. The van der Waals surface area contributed by atoms with Gasteiger partial charge in [0, 0.05) is 19.3 Å². The number of amides is 1. The highest BCUT2D eigenvalue weighted by molar-refractivity contribution is 5.79. The minimum absolute atomic E-state index is 0.00669. The van der Waals surface area contributed by atoms with Gasteiger partial charge in [-0.15, -0.1) is 4.39 Å². The van der Waals surface area contributed by atoms with E-state index in [1.807, 2.05) is 0 Å². The van der Waals surface area contributed by atoms with Gasteiger partial charge in [0.15, 0.2) is 5.79 Å². The van der Waals surface area contributed by atoms with Crippen molar-refractivity contribution < 1.29 is 28.6 Å². The Morgan fingerprint density at radius 1 is 1.37 bits per heavy atom. The van der Waals surface area contributed by atoms with Crippen LogP contribution in [0, 0.1) is 0 Å². The largest absolute Gasteiger partial charge is 0.480 e. The van der Waals surface area contributed by atoms with Crippen LogP contribution in [0.3, 0.4) is 0 Å². The summed E-state index contributed by atoms with van der Waals surface area (Å²) in [4.78, 5) is 21.2. The van der Waals surface area contributed by atoms with E-state index >= 15 is 0 Å². The van der Waals surface area contributed by atoms with Crippen LogP contribution in [0.1, 0.15) is 38.5 Å². The summed E-state index contributed by atoms with van der Waals surface area (Å²) in [5.74, 6) is -1.87. The van der Waals surface area contributed by atoms with Crippen LogP contribution in [0.25, 0.3) is 0 Å². The molecule has 2 aliphatic rings. The number of aliphatic carboxylic acids is 1. The Morgan fingerprint density at radius 3 is 2.63 bits per heavy atom. The maximum atomic E-state index is 12.2. The van der Waals surface area contributed by atoms with E-state index < -0.39 is 30.1 Å². The van der Waals surface area contributed by atoms with Crippen molar-refractivity contribution >= 4 is 12.1 Å². The van der Waals surface area contributed by atoms with Crippen LogP contribution in [-0.4, -0.2) is 41.8 Å². The Bertz CT molecular complexity index is 356. The number of carbonyl (C=O) groups is 2. The van der Waals surface area contributed by atoms with Gasteiger partial charge in [0.1, 0.15) is 6.04 Å². The summed E-state index contributed by atoms with van der Waals surface area (Å²) >= 11 is 0. The van der Waals surface area contributed by atoms with Gasteiger partial charge >= 0.3 is 12.1 Å². The topological polar surface area (TPSA) is 84.9 Å². The fraction of sp³-hybridized carbons (Fsp3) is 0.833. The molecule has 2 atom stereocenters. The van der Waals surface area contributed by atoms with E-state index in [0.29, 0.717) is 0 Å². The van der Waals surface area contributed by atoms with Gasteiger partial charge in [-0.1, -0.05) is 6.42 Å². The number of rotatable bonds is 4. The summed E-state index contributed by atoms with van der Waals surface area (Å²) in [6.07, 6.45) is 2.53. The molecule has 1 amide bonds. The molecule has 1 aliphatic carbocycles. The second-order valence-electron chi connectivity index (χ2n) is 5.07. The molecule has 0 bridgehead atoms. The van der Waals surface area contributed by atoms with Crippen LogP contribution in [-0.2, 0) is 14.3 Å². The van der Waals surface area contributed by atoms with Gasteiger partial charge in [-0.25, -0.2) is 9.59 Å². The van der Waals surface area contributed by atoms with Crippen molar-refractivity contribution in [1.82, 2.24) is 5.32 Å². The molecule has 1 aliphatic heterocycles. The molecule has 2 unspecified atom stereocenters. The Morgan fingerprint density at radius 2 is 2.05 bits per heavy atom. The monoisotopic (exact) mass is 275 g/mol. The third-order valence-corrected chi connectivity index (χ3v) is 3.61. The molecule has 1 heterocycles. The smallest absolute Gasteiger partial charge is 0.398 e. The number of carboxylic acids is 1. The lowest BCUT2D eigenvalue weighted by Gasteiger charge is -2.32. The second-order valence-corrected chi connectivity index (χ2v) is 5.07. The SMILES string of the molecule is O=C(F)NC(CC1COC2(CCCCC2)O1)C(=O)O. The lowest BCUT2D eigenvalue weighted by atomic mass is 9.94. The minimum atomic E-state index is -1.85. The van der Waals surface area contributed by atoms with Crippen LogP contribution in [0.15, 0.2) is 0 Å². The summed E-state index contributed by atoms with van der Waals surface area (Å²) in [6.45, 7) is 0.284. The van der Waals surface area contributed by atoms with Crippen molar-refractivity contribution in [2.75, 3.05) is 6.61 Å². The van der Waals surface area contributed by atoms with Crippen molar-refractivity contribution in [3.05, 3.63) is 0 Å². The normalized spacial score (nSPS) is 27.1. The van der Waals surface area contributed by atoms with E-state index in [-0.39, 0.29) is 13.0 Å². The predicted octanol–water partition coefficient (Wildman–Crippen LogP) is 1.58. The Balaban J connectivity index is 1.89. The van der Waals surface area contributed by atoms with E-state index in [1.165, 1.54) is 0 Å². The first-order chi connectivity index (χ1) is 9.01. The number of halogens is 1. The summed E-state index contributed by atoms with van der Waals surface area (Å²) in [6, 6.07) is -1.29. The zero-order chi connectivity index (χ0) is 13.9. The number of hydrogen-bond acceptors (Lipinski definition) is 4. The van der Waals surface area contributed by atoms with Gasteiger partial charge in [0.05, 0.1) is 12.7 Å². The van der Waals surface area contributed by atoms with Gasteiger partial charge in [-0.05, 0) is 12.8 Å². The molecule has 1 saturated carbocycles. The van der Waals surface area contributed by atoms with E-state index in [4.69, 9.17) is 14.6 Å². The molecule has 1 saturated heterocycles. The molecule has 0 radical (unpaired) electrons. The molecule has 108 valence electrons. The molecule has 2 rings (SSSR count). The first-order valence-corrected chi connectivity index (χ1v) is 6.51. The predicted molar refractivity (Wildman–Crippen MR) is 62.3 cm³/mol. The van der Waals surface area contributed by atoms with Crippen molar-refractivity contribution in [3.8, 4) is 0 Å². The molecule has 0 aromatic heterocycles. The lowest BCUT2D eigenvalue weighted by molar-refractivity contribution is -0.188. The summed E-state index contributed by atoms with van der Waals surface area (Å²) in [7, 11) is 0. The summed E-state index contributed by atoms with van der Waals surface area (Å²) < 4.78 is 23.7. The Labute approximate surface area is 110 Å². The molecule has 7 heteroatoms. The summed E-state index contributed by atoms with van der Waals surface area (Å²) in [5.41, 5.74) is 0. The van der Waals surface area contributed by atoms with E-state index in [0.717, 1.165) is 32.1 Å². The zero-order valence-corrected chi connectivity index (χ0v) is 10.6. The Hall–Kier alpha value is -1.21. The quantitative estimate of drug-likeness (QED) is 0.601. The highest BCUT2D eigenvalue weighted by Gasteiger charge is 2.43. The molecule has 19 heavy (non-hydrogen) atoms. The molecule has 0 aromatic rings. The maximum absolute atomic E-state index is 12.2. The fourth-order valence-corrected chi connectivity index (χ4v) is 2.71. The van der Waals surface area contributed by atoms with Crippen LogP contribution in [0.5, 0.6) is 0 Å². The number of carbonyl (C=O) groups excluding carboxylic acids is 1. The van der Waals surface area contributed by atoms with E-state index in [9.17, 15) is 14.0 Å². The van der Waals surface area contributed by atoms with Crippen LogP contribution >= 0.6 is 0 Å². The van der Waals surface area contributed by atoms with Crippen LogP contribution < -0.4 is 5.32 Å². The van der Waals surface area contributed by atoms with Crippen LogP contribution in [0.4, 0.5) is 9.18 Å². The average molecular weight is 275 g/mol. The molecule has 1 spiro atoms. The Kier molecular flexibility index (Phi) is 4.36. The number of carboxylic acid groups (broad SMARTS) is 1. The highest BCUT2D eigenvalue weighted by Crippen LogP contribution is 2.38. The third-order valence-electron chi connectivity index (χ3n) is 3.61. The van der Waals surface area contributed by atoms with Gasteiger partial charge < -0.3 is 19.9 Å². The van der Waals surface area contributed by atoms with Gasteiger partial charge in [-0.2, -0.15) is 0 Å². The van der Waals surface area contributed by atoms with E-state index in [2.05, 4.69) is 0 Å². The van der Waals surface area contributed by atoms with Gasteiger partial charge in [0.25, 0.3) is 0 Å². The standard InChI is InChI=1S/C12H18FNO5/c13-11(17)14-9(10(15)16)6-8-7-18-12(19-8)4-2-1-3-5-12/h8-9H,1-7H2,(H,14,17)(H,15,16). The highest BCUT2D eigenvalue weighted by atomic mass is 19.1. The van der Waals surface area contributed by atoms with Gasteiger partial charge in [-0.3, -0.25) is 0 Å². The lowest BCUT2D eigenvalue weighted by Crippen LogP contribution is -2.42. The minimum Gasteiger partial charge on any atom is -0.480 e. The molecule has 2 fully saturated rings. The molecule has 2 N–H and O–H groups in total. The number of nitrogens with one attached hydrogen (secondary N) is 1. The molecule has 6 nitrogen and oxygen atoms in total. The maximum Gasteiger partial charge on any atom is 0.398 e. The van der Waals surface area contributed by atoms with Crippen molar-refractivity contribution in [2.24, 2.45) is 0 Å². The van der Waals surface area contributed by atoms with Crippen molar-refractivity contribution in [1.29, 1.82) is 0 Å². The first kappa shape index (κ1) is 14.2. The number of ether oxygens (including phenoxy) is 2. The van der Waals surface area contributed by atoms with E-state index in [1.54, 1.807) is 5.32 Å². The van der Waals surface area contributed by atoms with Crippen molar-refractivity contribution in [2.45, 2.75) is 56.5 Å². The number of hydrogen-bond donors (Lipinski definition) is 2. The molecular weight excluding hydrogens is 257 g/mol. The summed E-state index contributed by atoms with van der Waals surface area (Å²) in [5, 5.41) is 10.7. The fourth-order valence-electron chi connectivity index (χ4n) is 2.71. The zero-order valence-electron chi connectivity index (χ0n) is 10.6. The average Bonchev–Trinajstić information content (AvgIpc) is 2.71. The van der Waals surface area contributed by atoms with Crippen molar-refractivity contribution in [3.63, 3.8) is 0 Å². The van der Waals surface area contributed by atoms with Crippen LogP contribution in [0.2, 0.25) is 0 Å². The molecular formula is C12H18FNO5. The molecule has 0 aromatic carbocycles. The second kappa shape index (κ2) is 5.83. The van der Waals surface area contributed by atoms with Gasteiger partial charge in [0.2, 0.25) is 0 Å². The third kappa shape index (κ3) is 3.63.